The van der Waals surface area contributed by atoms with Crippen LogP contribution in [0, 0.1) is 0 Å². The summed E-state index contributed by atoms with van der Waals surface area (Å²) in [5.41, 5.74) is 3.81. The average Bonchev–Trinajstić information content (AvgIpc) is 3.60. The van der Waals surface area contributed by atoms with E-state index >= 15 is 0 Å². The lowest BCUT2D eigenvalue weighted by Crippen LogP contribution is -2.26. The Morgan fingerprint density at radius 2 is 2.00 bits per heavy atom. The van der Waals surface area contributed by atoms with Gasteiger partial charge >= 0.3 is 0 Å². The van der Waals surface area contributed by atoms with E-state index in [0.717, 1.165) is 40.3 Å². The Balaban J connectivity index is 1.37. The van der Waals surface area contributed by atoms with E-state index in [0.29, 0.717) is 29.4 Å². The van der Waals surface area contributed by atoms with E-state index < -0.39 is 0 Å². The van der Waals surface area contributed by atoms with E-state index in [4.69, 9.17) is 14.5 Å². The highest BCUT2D eigenvalue weighted by molar-refractivity contribution is 6.13. The van der Waals surface area contributed by atoms with Crippen LogP contribution in [0.3, 0.4) is 0 Å². The summed E-state index contributed by atoms with van der Waals surface area (Å²) in [6, 6.07) is 15.6. The van der Waals surface area contributed by atoms with Gasteiger partial charge in [0, 0.05) is 47.3 Å². The molecule has 5 aromatic rings. The van der Waals surface area contributed by atoms with Gasteiger partial charge in [0.1, 0.15) is 5.69 Å². The first-order valence-corrected chi connectivity index (χ1v) is 10.8. The normalized spacial score (nSPS) is 12.5. The van der Waals surface area contributed by atoms with Crippen LogP contribution in [-0.4, -0.2) is 38.8 Å². The maximum absolute atomic E-state index is 13.0. The molecule has 0 unspecified atom stereocenters. The van der Waals surface area contributed by atoms with Crippen LogP contribution in [-0.2, 0) is 6.54 Å². The minimum Gasteiger partial charge on any atom is -0.454 e. The summed E-state index contributed by atoms with van der Waals surface area (Å²) in [6.45, 7) is 1.54. The predicted molar refractivity (Wildman–Crippen MR) is 124 cm³/mol. The molecule has 3 aromatic heterocycles. The summed E-state index contributed by atoms with van der Waals surface area (Å²) in [6.07, 6.45) is 6.22. The summed E-state index contributed by atoms with van der Waals surface area (Å²) in [5.74, 6) is 1.18. The van der Waals surface area contributed by atoms with E-state index in [1.807, 2.05) is 59.3 Å². The second-order valence-electron chi connectivity index (χ2n) is 7.93. The van der Waals surface area contributed by atoms with Crippen molar-refractivity contribution in [3.05, 3.63) is 72.9 Å². The Labute approximate surface area is 189 Å². The summed E-state index contributed by atoms with van der Waals surface area (Å²) in [4.78, 5) is 25.3. The monoisotopic (exact) mass is 439 g/mol. The minimum absolute atomic E-state index is 0.199. The SMILES string of the molecule is O=C(NCCCn1ccnc1)c1cc2c([nH]c3ccccc32)c(-c2ccc3c(c2)OCO3)n1. The van der Waals surface area contributed by atoms with Crippen molar-refractivity contribution in [1.29, 1.82) is 0 Å². The first kappa shape index (κ1) is 19.4. The van der Waals surface area contributed by atoms with Gasteiger partial charge in [0.05, 0.1) is 17.5 Å². The fourth-order valence-corrected chi connectivity index (χ4v) is 4.19. The van der Waals surface area contributed by atoms with Crippen molar-refractivity contribution in [2.45, 2.75) is 13.0 Å². The second kappa shape index (κ2) is 7.98. The van der Waals surface area contributed by atoms with E-state index in [2.05, 4.69) is 15.3 Å². The highest BCUT2D eigenvalue weighted by atomic mass is 16.7. The van der Waals surface area contributed by atoms with Crippen molar-refractivity contribution < 1.29 is 14.3 Å². The molecule has 0 aliphatic carbocycles. The van der Waals surface area contributed by atoms with Crippen LogP contribution in [0.2, 0.25) is 0 Å². The number of H-pyrrole nitrogens is 1. The number of nitrogens with one attached hydrogen (secondary N) is 2. The fourth-order valence-electron chi connectivity index (χ4n) is 4.19. The number of imidazole rings is 1. The van der Waals surface area contributed by atoms with Crippen LogP contribution in [0.15, 0.2) is 67.3 Å². The smallest absolute Gasteiger partial charge is 0.269 e. The minimum atomic E-state index is -0.199. The number of fused-ring (bicyclic) bond motifs is 4. The number of carbonyl (C=O) groups excluding carboxylic acids is 1. The third kappa shape index (κ3) is 3.55. The highest BCUT2D eigenvalue weighted by Gasteiger charge is 2.20. The van der Waals surface area contributed by atoms with Gasteiger partial charge in [-0.15, -0.1) is 0 Å². The molecule has 0 spiro atoms. The average molecular weight is 439 g/mol. The molecule has 0 atom stereocenters. The first-order valence-electron chi connectivity index (χ1n) is 10.8. The lowest BCUT2D eigenvalue weighted by molar-refractivity contribution is 0.0948. The fraction of sp³-hybridized carbons (Fsp3) is 0.160. The number of ether oxygens (including phenoxy) is 2. The van der Waals surface area contributed by atoms with E-state index in [1.54, 1.807) is 12.5 Å². The lowest BCUT2D eigenvalue weighted by Gasteiger charge is -2.09. The van der Waals surface area contributed by atoms with Gasteiger partial charge in [-0.3, -0.25) is 4.79 Å². The molecular weight excluding hydrogens is 418 g/mol. The Hall–Kier alpha value is -4.33. The van der Waals surface area contributed by atoms with Crippen molar-refractivity contribution in [3.63, 3.8) is 0 Å². The number of aromatic nitrogens is 4. The molecule has 1 aliphatic heterocycles. The van der Waals surface area contributed by atoms with E-state index in [9.17, 15) is 4.79 Å². The molecule has 8 heteroatoms. The molecule has 0 bridgehead atoms. The summed E-state index contributed by atoms with van der Waals surface area (Å²) < 4.78 is 13.0. The zero-order valence-electron chi connectivity index (χ0n) is 17.7. The Kier molecular flexibility index (Phi) is 4.68. The Morgan fingerprint density at radius 1 is 1.09 bits per heavy atom. The maximum atomic E-state index is 13.0. The van der Waals surface area contributed by atoms with Crippen LogP contribution < -0.4 is 14.8 Å². The molecular formula is C25H21N5O3. The molecule has 0 radical (unpaired) electrons. The van der Waals surface area contributed by atoms with Crippen LogP contribution in [0.25, 0.3) is 33.1 Å². The van der Waals surface area contributed by atoms with Crippen LogP contribution in [0.5, 0.6) is 11.5 Å². The third-order valence-electron chi connectivity index (χ3n) is 5.81. The number of pyridine rings is 1. The number of hydrogen-bond donors (Lipinski definition) is 2. The third-order valence-corrected chi connectivity index (χ3v) is 5.81. The van der Waals surface area contributed by atoms with Crippen molar-refractivity contribution in [2.75, 3.05) is 13.3 Å². The van der Waals surface area contributed by atoms with Gasteiger partial charge < -0.3 is 24.3 Å². The van der Waals surface area contributed by atoms with Gasteiger partial charge in [-0.1, -0.05) is 18.2 Å². The van der Waals surface area contributed by atoms with E-state index in [1.165, 1.54) is 0 Å². The maximum Gasteiger partial charge on any atom is 0.269 e. The van der Waals surface area contributed by atoms with Gasteiger partial charge in [-0.25, -0.2) is 9.97 Å². The molecule has 6 rings (SSSR count). The van der Waals surface area contributed by atoms with Crippen LogP contribution in [0.1, 0.15) is 16.9 Å². The summed E-state index contributed by atoms with van der Waals surface area (Å²) >= 11 is 0. The van der Waals surface area contributed by atoms with Crippen molar-refractivity contribution in [1.82, 2.24) is 24.8 Å². The Bertz CT molecular complexity index is 1470. The lowest BCUT2D eigenvalue weighted by atomic mass is 10.1. The number of nitrogens with zero attached hydrogens (tertiary/aromatic N) is 3. The van der Waals surface area contributed by atoms with Gasteiger partial charge in [-0.05, 0) is 36.8 Å². The van der Waals surface area contributed by atoms with Gasteiger partial charge in [-0.2, -0.15) is 0 Å². The first-order chi connectivity index (χ1) is 16.3. The molecule has 4 heterocycles. The zero-order valence-corrected chi connectivity index (χ0v) is 17.7. The quantitative estimate of drug-likeness (QED) is 0.388. The second-order valence-corrected chi connectivity index (χ2v) is 7.93. The van der Waals surface area contributed by atoms with E-state index in [-0.39, 0.29) is 12.7 Å². The molecule has 164 valence electrons. The largest absolute Gasteiger partial charge is 0.454 e. The molecule has 1 aliphatic rings. The number of aromatic amines is 1. The number of hydrogen-bond acceptors (Lipinski definition) is 5. The standard InChI is InChI=1S/C25H21N5O3/c31-25(27-8-3-10-30-11-9-26-14-30)20-13-18-17-4-1-2-5-19(17)28-24(18)23(29-20)16-6-7-21-22(12-16)33-15-32-21/h1-2,4-7,9,11-14,28H,3,8,10,15H2,(H,27,31). The molecule has 0 saturated heterocycles. The number of para-hydroxylation sites is 1. The van der Waals surface area contributed by atoms with Crippen molar-refractivity contribution in [2.24, 2.45) is 0 Å². The molecule has 0 saturated carbocycles. The van der Waals surface area contributed by atoms with Crippen molar-refractivity contribution >= 4 is 27.7 Å². The number of aryl methyl sites for hydroxylation is 1. The molecule has 1 amide bonds. The van der Waals surface area contributed by atoms with Crippen LogP contribution in [0.4, 0.5) is 0 Å². The summed E-state index contributed by atoms with van der Waals surface area (Å²) in [5, 5.41) is 5.00. The van der Waals surface area contributed by atoms with Crippen molar-refractivity contribution in [3.8, 4) is 22.8 Å². The molecule has 8 nitrogen and oxygen atoms in total. The molecule has 2 aromatic carbocycles. The van der Waals surface area contributed by atoms with Gasteiger partial charge in [0.15, 0.2) is 11.5 Å². The number of carbonyl (C=O) groups is 1. The van der Waals surface area contributed by atoms with Crippen LogP contribution >= 0.6 is 0 Å². The highest BCUT2D eigenvalue weighted by Crippen LogP contribution is 2.38. The zero-order chi connectivity index (χ0) is 22.2. The Morgan fingerprint density at radius 3 is 2.91 bits per heavy atom. The topological polar surface area (TPSA) is 94.1 Å². The van der Waals surface area contributed by atoms with Gasteiger partial charge in [0.25, 0.3) is 5.91 Å². The predicted octanol–water partition coefficient (Wildman–Crippen LogP) is 4.13. The number of benzene rings is 2. The number of rotatable bonds is 6. The summed E-state index contributed by atoms with van der Waals surface area (Å²) in [7, 11) is 0. The molecule has 0 fully saturated rings. The number of amides is 1. The molecule has 2 N–H and O–H groups in total. The molecule has 33 heavy (non-hydrogen) atoms. The van der Waals surface area contributed by atoms with Gasteiger partial charge in [0.2, 0.25) is 6.79 Å².